The zero-order chi connectivity index (χ0) is 16.4. The van der Waals surface area contributed by atoms with Crippen LogP contribution in [0, 0.1) is 0 Å². The van der Waals surface area contributed by atoms with Gasteiger partial charge in [-0.1, -0.05) is 54.2 Å². The summed E-state index contributed by atoms with van der Waals surface area (Å²) in [5.41, 5.74) is 0.947. The predicted molar refractivity (Wildman–Crippen MR) is 102 cm³/mol. The van der Waals surface area contributed by atoms with Crippen molar-refractivity contribution in [2.24, 2.45) is 0 Å². The van der Waals surface area contributed by atoms with Gasteiger partial charge in [-0.25, -0.2) is 4.98 Å². The fraction of sp³-hybridized carbons (Fsp3) is 0.0526. The van der Waals surface area contributed by atoms with E-state index >= 15 is 0 Å². The molecule has 0 N–H and O–H groups in total. The number of aromatic nitrogens is 2. The van der Waals surface area contributed by atoms with Crippen molar-refractivity contribution in [1.29, 1.82) is 0 Å². The molecular weight excluding hydrogens is 336 g/mol. The van der Waals surface area contributed by atoms with Gasteiger partial charge in [-0.2, -0.15) is 4.98 Å². The second kappa shape index (κ2) is 6.63. The molecule has 0 atom stereocenters. The number of rotatable bonds is 5. The third-order valence-corrected chi connectivity index (χ3v) is 5.45. The lowest BCUT2D eigenvalue weighted by molar-refractivity contribution is 0.464. The Morgan fingerprint density at radius 3 is 2.67 bits per heavy atom. The summed E-state index contributed by atoms with van der Waals surface area (Å²) in [4.78, 5) is 9.36. The Morgan fingerprint density at radius 1 is 1.04 bits per heavy atom. The topological polar surface area (TPSA) is 35.0 Å². The summed E-state index contributed by atoms with van der Waals surface area (Å²) in [7, 11) is 0. The molecule has 2 aromatic heterocycles. The van der Waals surface area contributed by atoms with E-state index in [0.717, 1.165) is 27.1 Å². The standard InChI is InChI=1S/C19H14N2OS2/c1-2-12-23-19-20-16-14-10-6-7-11-15(14)24-17(16)18(21-19)22-13-8-4-3-5-9-13/h2-11H,1,12H2. The molecule has 0 fully saturated rings. The van der Waals surface area contributed by atoms with Crippen molar-refractivity contribution in [2.75, 3.05) is 5.75 Å². The molecule has 0 radical (unpaired) electrons. The van der Waals surface area contributed by atoms with Crippen molar-refractivity contribution in [1.82, 2.24) is 9.97 Å². The third-order valence-electron chi connectivity index (χ3n) is 3.46. The van der Waals surface area contributed by atoms with Gasteiger partial charge < -0.3 is 4.74 Å². The van der Waals surface area contributed by atoms with Crippen LogP contribution in [0.2, 0.25) is 0 Å². The molecule has 0 unspecified atom stereocenters. The highest BCUT2D eigenvalue weighted by atomic mass is 32.2. The van der Waals surface area contributed by atoms with Crippen LogP contribution in [-0.4, -0.2) is 15.7 Å². The first kappa shape index (κ1) is 15.2. The summed E-state index contributed by atoms with van der Waals surface area (Å²) in [6.45, 7) is 3.76. The number of fused-ring (bicyclic) bond motifs is 3. The van der Waals surface area contributed by atoms with Crippen LogP contribution in [0.3, 0.4) is 0 Å². The zero-order valence-electron chi connectivity index (χ0n) is 12.8. The largest absolute Gasteiger partial charge is 0.437 e. The molecule has 24 heavy (non-hydrogen) atoms. The van der Waals surface area contributed by atoms with Gasteiger partial charge in [-0.3, -0.25) is 0 Å². The van der Waals surface area contributed by atoms with E-state index in [2.05, 4.69) is 23.7 Å². The molecule has 0 saturated heterocycles. The van der Waals surface area contributed by atoms with Crippen LogP contribution in [0.5, 0.6) is 11.6 Å². The fourth-order valence-corrected chi connectivity index (χ4v) is 4.05. The minimum absolute atomic E-state index is 0.610. The molecule has 0 aliphatic heterocycles. The molecule has 2 aromatic carbocycles. The molecule has 2 heterocycles. The maximum atomic E-state index is 6.06. The highest BCUT2D eigenvalue weighted by Crippen LogP contribution is 2.39. The summed E-state index contributed by atoms with van der Waals surface area (Å²) < 4.78 is 8.22. The molecular formula is C19H14N2OS2. The average Bonchev–Trinajstić information content (AvgIpc) is 3.00. The first-order chi connectivity index (χ1) is 11.8. The summed E-state index contributed by atoms with van der Waals surface area (Å²) in [6.07, 6.45) is 1.85. The van der Waals surface area contributed by atoms with E-state index in [4.69, 9.17) is 9.72 Å². The lowest BCUT2D eigenvalue weighted by atomic mass is 10.2. The minimum Gasteiger partial charge on any atom is -0.437 e. The first-order valence-electron chi connectivity index (χ1n) is 7.51. The van der Waals surface area contributed by atoms with Crippen LogP contribution in [0.4, 0.5) is 0 Å². The third kappa shape index (κ3) is 2.88. The van der Waals surface area contributed by atoms with Crippen LogP contribution in [0.25, 0.3) is 20.3 Å². The Balaban J connectivity index is 1.90. The Kier molecular flexibility index (Phi) is 4.19. The molecule has 4 rings (SSSR count). The van der Waals surface area contributed by atoms with Crippen molar-refractivity contribution >= 4 is 43.4 Å². The van der Waals surface area contributed by atoms with E-state index in [1.54, 1.807) is 23.1 Å². The number of hydrogen-bond acceptors (Lipinski definition) is 5. The molecule has 3 nitrogen and oxygen atoms in total. The quantitative estimate of drug-likeness (QED) is 0.254. The number of hydrogen-bond donors (Lipinski definition) is 0. The Morgan fingerprint density at radius 2 is 1.83 bits per heavy atom. The van der Waals surface area contributed by atoms with Gasteiger partial charge in [0.1, 0.15) is 10.4 Å². The predicted octanol–water partition coefficient (Wildman–Crippen LogP) is 5.91. The number of nitrogens with zero attached hydrogens (tertiary/aromatic N) is 2. The monoisotopic (exact) mass is 350 g/mol. The zero-order valence-corrected chi connectivity index (χ0v) is 14.4. The smallest absolute Gasteiger partial charge is 0.241 e. The van der Waals surface area contributed by atoms with E-state index in [9.17, 15) is 0 Å². The summed E-state index contributed by atoms with van der Waals surface area (Å²) in [5, 5.41) is 1.84. The summed E-state index contributed by atoms with van der Waals surface area (Å²) in [6, 6.07) is 18.0. The van der Waals surface area contributed by atoms with Crippen molar-refractivity contribution in [3.8, 4) is 11.6 Å². The maximum absolute atomic E-state index is 6.06. The van der Waals surface area contributed by atoms with E-state index in [1.165, 1.54) is 4.70 Å². The second-order valence-electron chi connectivity index (χ2n) is 5.10. The van der Waals surface area contributed by atoms with Crippen molar-refractivity contribution in [3.63, 3.8) is 0 Å². The second-order valence-corrected chi connectivity index (χ2v) is 7.14. The highest BCUT2D eigenvalue weighted by molar-refractivity contribution is 7.99. The average molecular weight is 350 g/mol. The van der Waals surface area contributed by atoms with Crippen molar-refractivity contribution in [3.05, 3.63) is 67.3 Å². The van der Waals surface area contributed by atoms with Gasteiger partial charge in [0, 0.05) is 15.8 Å². The number of thiophene rings is 1. The SMILES string of the molecule is C=CCSc1nc(Oc2ccccc2)c2sc3ccccc3c2n1. The minimum atomic E-state index is 0.610. The molecule has 5 heteroatoms. The number of thioether (sulfide) groups is 1. The number of ether oxygens (including phenoxy) is 1. The van der Waals surface area contributed by atoms with Crippen LogP contribution < -0.4 is 4.74 Å². The Labute approximate surface area is 148 Å². The lowest BCUT2D eigenvalue weighted by Gasteiger charge is -2.07. The molecule has 0 aliphatic rings. The number of para-hydroxylation sites is 1. The van der Waals surface area contributed by atoms with Crippen LogP contribution >= 0.6 is 23.1 Å². The normalized spacial score (nSPS) is 11.0. The summed E-state index contributed by atoms with van der Waals surface area (Å²) in [5.74, 6) is 2.15. The lowest BCUT2D eigenvalue weighted by Crippen LogP contribution is -1.93. The van der Waals surface area contributed by atoms with Gasteiger partial charge >= 0.3 is 0 Å². The van der Waals surface area contributed by atoms with E-state index in [-0.39, 0.29) is 0 Å². The van der Waals surface area contributed by atoms with E-state index in [0.29, 0.717) is 11.0 Å². The van der Waals surface area contributed by atoms with Crippen molar-refractivity contribution < 1.29 is 4.74 Å². The van der Waals surface area contributed by atoms with Crippen LogP contribution in [0.15, 0.2) is 72.4 Å². The first-order valence-corrected chi connectivity index (χ1v) is 9.31. The molecule has 4 aromatic rings. The number of benzene rings is 2. The molecule has 0 saturated carbocycles. The van der Waals surface area contributed by atoms with Crippen molar-refractivity contribution in [2.45, 2.75) is 5.16 Å². The van der Waals surface area contributed by atoms with Crippen LogP contribution in [-0.2, 0) is 0 Å². The molecule has 0 bridgehead atoms. The molecule has 0 amide bonds. The van der Waals surface area contributed by atoms with E-state index in [1.807, 2.05) is 48.5 Å². The molecule has 0 aliphatic carbocycles. The highest BCUT2D eigenvalue weighted by Gasteiger charge is 2.15. The van der Waals surface area contributed by atoms with Gasteiger partial charge in [0.05, 0.1) is 5.52 Å². The van der Waals surface area contributed by atoms with E-state index < -0.39 is 0 Å². The fourth-order valence-electron chi connectivity index (χ4n) is 2.41. The van der Waals surface area contributed by atoms with Gasteiger partial charge in [0.2, 0.25) is 5.88 Å². The molecule has 0 spiro atoms. The summed E-state index contributed by atoms with van der Waals surface area (Å²) >= 11 is 3.22. The van der Waals surface area contributed by atoms with Gasteiger partial charge in [0.15, 0.2) is 5.16 Å². The van der Waals surface area contributed by atoms with Gasteiger partial charge in [0.25, 0.3) is 0 Å². The van der Waals surface area contributed by atoms with Crippen LogP contribution in [0.1, 0.15) is 0 Å². The Bertz CT molecular complexity index is 1010. The molecule has 118 valence electrons. The van der Waals surface area contributed by atoms with Gasteiger partial charge in [-0.05, 0) is 18.2 Å². The van der Waals surface area contributed by atoms with Gasteiger partial charge in [-0.15, -0.1) is 17.9 Å². The Hall–Kier alpha value is -2.37. The maximum Gasteiger partial charge on any atom is 0.241 e.